The van der Waals surface area contributed by atoms with Gasteiger partial charge in [0.1, 0.15) is 0 Å². The Morgan fingerprint density at radius 1 is 1.50 bits per heavy atom. The van der Waals surface area contributed by atoms with Crippen molar-refractivity contribution >= 4 is 11.8 Å². The molecule has 1 heterocycles. The normalized spacial score (nSPS) is 29.8. The van der Waals surface area contributed by atoms with Gasteiger partial charge in [0.15, 0.2) is 0 Å². The first kappa shape index (κ1) is 12.3. The van der Waals surface area contributed by atoms with Crippen LogP contribution >= 0.6 is 11.8 Å². The SMILES string of the molecule is CCC1CNCC1N(C)C(C)CSC. The molecule has 3 heteroatoms. The molecule has 0 amide bonds. The van der Waals surface area contributed by atoms with Gasteiger partial charge in [0, 0.05) is 24.4 Å². The Balaban J connectivity index is 2.45. The second-order valence-electron chi connectivity index (χ2n) is 4.36. The third-order valence-corrected chi connectivity index (χ3v) is 4.27. The quantitative estimate of drug-likeness (QED) is 0.752. The van der Waals surface area contributed by atoms with Crippen LogP contribution in [-0.2, 0) is 0 Å². The van der Waals surface area contributed by atoms with Crippen LogP contribution in [0.2, 0.25) is 0 Å². The maximum absolute atomic E-state index is 3.50. The van der Waals surface area contributed by atoms with Gasteiger partial charge in [-0.3, -0.25) is 4.90 Å². The molecule has 1 rings (SSSR count). The van der Waals surface area contributed by atoms with Crippen molar-refractivity contribution in [2.75, 3.05) is 32.1 Å². The summed E-state index contributed by atoms with van der Waals surface area (Å²) < 4.78 is 0. The maximum atomic E-state index is 3.50. The fourth-order valence-electron chi connectivity index (χ4n) is 2.30. The van der Waals surface area contributed by atoms with Crippen LogP contribution in [0.15, 0.2) is 0 Å². The van der Waals surface area contributed by atoms with Crippen LogP contribution in [0.4, 0.5) is 0 Å². The highest BCUT2D eigenvalue weighted by atomic mass is 32.2. The topological polar surface area (TPSA) is 15.3 Å². The van der Waals surface area contributed by atoms with Gasteiger partial charge in [-0.15, -0.1) is 0 Å². The van der Waals surface area contributed by atoms with Crippen LogP contribution in [0.1, 0.15) is 20.3 Å². The Labute approximate surface area is 92.8 Å². The molecular weight excluding hydrogens is 192 g/mol. The van der Waals surface area contributed by atoms with Gasteiger partial charge < -0.3 is 5.32 Å². The van der Waals surface area contributed by atoms with Gasteiger partial charge in [-0.25, -0.2) is 0 Å². The van der Waals surface area contributed by atoms with Crippen LogP contribution in [0.3, 0.4) is 0 Å². The Hall–Kier alpha value is 0.270. The molecule has 0 aromatic carbocycles. The van der Waals surface area contributed by atoms with E-state index in [1.54, 1.807) is 0 Å². The molecule has 3 atom stereocenters. The molecule has 1 fully saturated rings. The Bertz CT molecular complexity index is 163. The summed E-state index contributed by atoms with van der Waals surface area (Å²) in [6.45, 7) is 7.02. The smallest absolute Gasteiger partial charge is 0.0260 e. The van der Waals surface area contributed by atoms with E-state index in [4.69, 9.17) is 0 Å². The Morgan fingerprint density at radius 3 is 2.79 bits per heavy atom. The van der Waals surface area contributed by atoms with Crippen molar-refractivity contribution in [3.63, 3.8) is 0 Å². The van der Waals surface area contributed by atoms with Gasteiger partial charge in [-0.2, -0.15) is 11.8 Å². The standard InChI is InChI=1S/C11H24N2S/c1-5-10-6-12-7-11(10)13(3)9(2)8-14-4/h9-12H,5-8H2,1-4H3. The minimum atomic E-state index is 0.698. The first-order valence-corrected chi connectivity index (χ1v) is 7.01. The Morgan fingerprint density at radius 2 is 2.21 bits per heavy atom. The van der Waals surface area contributed by atoms with E-state index in [2.05, 4.69) is 37.4 Å². The Kier molecular flexibility index (Phi) is 5.28. The van der Waals surface area contributed by atoms with Gasteiger partial charge in [-0.1, -0.05) is 13.3 Å². The van der Waals surface area contributed by atoms with E-state index >= 15 is 0 Å². The first-order valence-electron chi connectivity index (χ1n) is 5.62. The highest BCUT2D eigenvalue weighted by Gasteiger charge is 2.30. The van der Waals surface area contributed by atoms with Crippen LogP contribution in [0, 0.1) is 5.92 Å². The van der Waals surface area contributed by atoms with E-state index in [0.29, 0.717) is 6.04 Å². The highest BCUT2D eigenvalue weighted by Crippen LogP contribution is 2.20. The second-order valence-corrected chi connectivity index (χ2v) is 5.27. The zero-order valence-corrected chi connectivity index (χ0v) is 10.7. The highest BCUT2D eigenvalue weighted by molar-refractivity contribution is 7.98. The number of rotatable bonds is 5. The number of thioether (sulfide) groups is 1. The zero-order valence-electron chi connectivity index (χ0n) is 9.92. The van der Waals surface area contributed by atoms with E-state index in [0.717, 1.165) is 12.0 Å². The molecule has 1 saturated heterocycles. The van der Waals surface area contributed by atoms with Crippen molar-refractivity contribution in [2.45, 2.75) is 32.4 Å². The van der Waals surface area contributed by atoms with Gasteiger partial charge in [-0.05, 0) is 32.7 Å². The minimum Gasteiger partial charge on any atom is -0.315 e. The molecule has 1 aliphatic heterocycles. The first-order chi connectivity index (χ1) is 6.70. The predicted octanol–water partition coefficient (Wildman–Crippen LogP) is 1.67. The molecule has 0 bridgehead atoms. The molecule has 0 radical (unpaired) electrons. The average Bonchev–Trinajstić information content (AvgIpc) is 2.64. The van der Waals surface area contributed by atoms with Crippen LogP contribution in [0.5, 0.6) is 0 Å². The number of hydrogen-bond acceptors (Lipinski definition) is 3. The van der Waals surface area contributed by atoms with E-state index < -0.39 is 0 Å². The summed E-state index contributed by atoms with van der Waals surface area (Å²) in [5.41, 5.74) is 0. The van der Waals surface area contributed by atoms with Crippen LogP contribution < -0.4 is 5.32 Å². The van der Waals surface area contributed by atoms with Gasteiger partial charge in [0.05, 0.1) is 0 Å². The van der Waals surface area contributed by atoms with Crippen molar-refractivity contribution in [1.29, 1.82) is 0 Å². The van der Waals surface area contributed by atoms with Crippen molar-refractivity contribution in [3.05, 3.63) is 0 Å². The fourth-order valence-corrected chi connectivity index (χ4v) is 3.02. The molecule has 0 spiro atoms. The molecule has 1 aliphatic rings. The third kappa shape index (κ3) is 2.88. The zero-order chi connectivity index (χ0) is 10.6. The molecule has 84 valence electrons. The van der Waals surface area contributed by atoms with Gasteiger partial charge >= 0.3 is 0 Å². The van der Waals surface area contributed by atoms with Crippen LogP contribution in [-0.4, -0.2) is 49.1 Å². The molecule has 0 saturated carbocycles. The van der Waals surface area contributed by atoms with E-state index in [9.17, 15) is 0 Å². The summed E-state index contributed by atoms with van der Waals surface area (Å²) in [5.74, 6) is 2.09. The van der Waals surface area contributed by atoms with E-state index in [1.807, 2.05) is 11.8 Å². The summed E-state index contributed by atoms with van der Waals surface area (Å²) in [6, 6.07) is 1.45. The van der Waals surface area contributed by atoms with Gasteiger partial charge in [0.2, 0.25) is 0 Å². The monoisotopic (exact) mass is 216 g/mol. The lowest BCUT2D eigenvalue weighted by Gasteiger charge is -2.33. The summed E-state index contributed by atoms with van der Waals surface area (Å²) in [5, 5.41) is 3.50. The molecular formula is C11H24N2S. The predicted molar refractivity (Wildman–Crippen MR) is 66.0 cm³/mol. The molecule has 0 aromatic heterocycles. The lowest BCUT2D eigenvalue weighted by Crippen LogP contribution is -2.44. The number of likely N-dealkylation sites (N-methyl/N-ethyl adjacent to an activating group) is 1. The summed E-state index contributed by atoms with van der Waals surface area (Å²) in [4.78, 5) is 2.56. The average molecular weight is 216 g/mol. The molecule has 1 N–H and O–H groups in total. The largest absolute Gasteiger partial charge is 0.315 e. The summed E-state index contributed by atoms with van der Waals surface area (Å²) in [7, 11) is 2.28. The lowest BCUT2D eigenvalue weighted by molar-refractivity contribution is 0.171. The number of hydrogen-bond donors (Lipinski definition) is 1. The van der Waals surface area contributed by atoms with E-state index in [1.165, 1.54) is 25.3 Å². The van der Waals surface area contributed by atoms with Gasteiger partial charge in [0.25, 0.3) is 0 Å². The summed E-state index contributed by atoms with van der Waals surface area (Å²) in [6.07, 6.45) is 3.49. The van der Waals surface area contributed by atoms with Crippen molar-refractivity contribution in [2.24, 2.45) is 5.92 Å². The van der Waals surface area contributed by atoms with Crippen molar-refractivity contribution in [3.8, 4) is 0 Å². The van der Waals surface area contributed by atoms with Crippen molar-refractivity contribution in [1.82, 2.24) is 10.2 Å². The second kappa shape index (κ2) is 5.99. The third-order valence-electron chi connectivity index (χ3n) is 3.45. The molecule has 0 aromatic rings. The molecule has 14 heavy (non-hydrogen) atoms. The maximum Gasteiger partial charge on any atom is 0.0260 e. The minimum absolute atomic E-state index is 0.698. The fraction of sp³-hybridized carbons (Fsp3) is 1.00. The van der Waals surface area contributed by atoms with Crippen LogP contribution in [0.25, 0.3) is 0 Å². The molecule has 3 unspecified atom stereocenters. The molecule has 2 nitrogen and oxygen atoms in total. The van der Waals surface area contributed by atoms with Crippen molar-refractivity contribution < 1.29 is 0 Å². The van der Waals surface area contributed by atoms with E-state index in [-0.39, 0.29) is 0 Å². The number of nitrogens with one attached hydrogen (secondary N) is 1. The molecule has 0 aliphatic carbocycles. The summed E-state index contributed by atoms with van der Waals surface area (Å²) >= 11 is 1.94. The number of nitrogens with zero attached hydrogens (tertiary/aromatic N) is 1. The lowest BCUT2D eigenvalue weighted by atomic mass is 9.99.